The van der Waals surface area contributed by atoms with Crippen LogP contribution < -0.4 is 24.3 Å². The number of hydrogen-bond acceptors (Lipinski definition) is 8. The van der Waals surface area contributed by atoms with Crippen LogP contribution in [0.5, 0.6) is 28.7 Å². The molecule has 1 aliphatic rings. The minimum absolute atomic E-state index is 0.110. The summed E-state index contributed by atoms with van der Waals surface area (Å²) in [6.07, 6.45) is 1.73. The molecule has 0 unspecified atom stereocenters. The van der Waals surface area contributed by atoms with Gasteiger partial charge in [0.15, 0.2) is 28.7 Å². The fourth-order valence-electron chi connectivity index (χ4n) is 4.40. The summed E-state index contributed by atoms with van der Waals surface area (Å²) in [4.78, 5) is 19.6. The third-order valence-electron chi connectivity index (χ3n) is 6.42. The van der Waals surface area contributed by atoms with E-state index in [0.29, 0.717) is 79.0 Å². The topological polar surface area (TPSA) is 91.4 Å². The number of hydrogen-bond donors (Lipinski definition) is 1. The first kappa shape index (κ1) is 29.2. The van der Waals surface area contributed by atoms with Gasteiger partial charge in [0.1, 0.15) is 13.2 Å². The van der Waals surface area contributed by atoms with Gasteiger partial charge in [-0.1, -0.05) is 35.9 Å². The van der Waals surface area contributed by atoms with Crippen molar-refractivity contribution in [3.63, 3.8) is 0 Å². The Labute approximate surface area is 249 Å². The predicted octanol–water partition coefficient (Wildman–Crippen LogP) is 5.96. The summed E-state index contributed by atoms with van der Waals surface area (Å²) in [6.45, 7) is 2.54. The molecule has 10 heteroatoms. The molecule has 9 nitrogen and oxygen atoms in total. The van der Waals surface area contributed by atoms with Crippen LogP contribution in [-0.2, 0) is 22.7 Å². The maximum Gasteiger partial charge on any atom is 0.238 e. The van der Waals surface area contributed by atoms with Crippen LogP contribution in [0.4, 0.5) is 5.69 Å². The zero-order valence-electron chi connectivity index (χ0n) is 23.3. The molecule has 1 aliphatic heterocycles. The summed E-state index contributed by atoms with van der Waals surface area (Å²) in [5.74, 6) is 2.53. The fraction of sp³-hybridized carbons (Fsp3) is 0.250. The molecule has 0 aliphatic carbocycles. The number of pyridine rings is 1. The Hall–Kier alpha value is -4.31. The molecule has 42 heavy (non-hydrogen) atoms. The van der Waals surface area contributed by atoms with E-state index in [4.69, 9.17) is 35.3 Å². The molecule has 0 bridgehead atoms. The molecule has 0 atom stereocenters. The molecule has 4 aromatic rings. The monoisotopic (exact) mass is 589 g/mol. The van der Waals surface area contributed by atoms with E-state index in [-0.39, 0.29) is 12.5 Å². The first-order valence-electron chi connectivity index (χ1n) is 13.6. The van der Waals surface area contributed by atoms with Gasteiger partial charge in [0.25, 0.3) is 0 Å². The fourth-order valence-corrected chi connectivity index (χ4v) is 4.57. The highest BCUT2D eigenvalue weighted by Crippen LogP contribution is 2.36. The third-order valence-corrected chi connectivity index (χ3v) is 6.66. The van der Waals surface area contributed by atoms with Gasteiger partial charge in [-0.05, 0) is 60.2 Å². The molecule has 0 fully saturated rings. The Morgan fingerprint density at radius 3 is 2.62 bits per heavy atom. The van der Waals surface area contributed by atoms with E-state index in [9.17, 15) is 4.79 Å². The SMILES string of the molecule is COc1ccc(CN2CCOCCOc3ccccc3Oc3ccc(Cl)cc3NC(=O)C2)cc1OCc1ccccn1. The first-order chi connectivity index (χ1) is 20.6. The number of benzene rings is 3. The zero-order valence-corrected chi connectivity index (χ0v) is 24.0. The molecule has 0 spiro atoms. The van der Waals surface area contributed by atoms with E-state index in [1.165, 1.54) is 0 Å². The molecule has 5 rings (SSSR count). The molecular weight excluding hydrogens is 558 g/mol. The minimum Gasteiger partial charge on any atom is -0.493 e. The lowest BCUT2D eigenvalue weighted by molar-refractivity contribution is -0.117. The van der Waals surface area contributed by atoms with Crippen molar-refractivity contribution in [2.75, 3.05) is 45.3 Å². The second-order valence-corrected chi connectivity index (χ2v) is 9.94. The van der Waals surface area contributed by atoms with Gasteiger partial charge in [-0.25, -0.2) is 0 Å². The highest BCUT2D eigenvalue weighted by Gasteiger charge is 2.17. The number of para-hydroxylation sites is 2. The van der Waals surface area contributed by atoms with Gasteiger partial charge in [0, 0.05) is 24.3 Å². The van der Waals surface area contributed by atoms with Crippen LogP contribution in [0.3, 0.4) is 0 Å². The summed E-state index contributed by atoms with van der Waals surface area (Å²) in [7, 11) is 1.60. The number of anilines is 1. The maximum atomic E-state index is 13.3. The van der Waals surface area contributed by atoms with E-state index >= 15 is 0 Å². The van der Waals surface area contributed by atoms with E-state index in [2.05, 4.69) is 10.3 Å². The van der Waals surface area contributed by atoms with Gasteiger partial charge in [-0.3, -0.25) is 14.7 Å². The Morgan fingerprint density at radius 1 is 0.929 bits per heavy atom. The smallest absolute Gasteiger partial charge is 0.238 e. The van der Waals surface area contributed by atoms with Gasteiger partial charge in [0.05, 0.1) is 38.2 Å². The second-order valence-electron chi connectivity index (χ2n) is 9.50. The quantitative estimate of drug-likeness (QED) is 0.294. The molecule has 3 aromatic carbocycles. The molecule has 2 heterocycles. The number of carbonyl (C=O) groups excluding carboxylic acids is 1. The molecule has 1 amide bonds. The van der Waals surface area contributed by atoms with Crippen molar-refractivity contribution >= 4 is 23.2 Å². The van der Waals surface area contributed by atoms with Crippen molar-refractivity contribution in [3.8, 4) is 28.7 Å². The van der Waals surface area contributed by atoms with Gasteiger partial charge >= 0.3 is 0 Å². The van der Waals surface area contributed by atoms with E-state index in [0.717, 1.165) is 11.3 Å². The van der Waals surface area contributed by atoms with Crippen LogP contribution in [0.15, 0.2) is 85.1 Å². The number of halogens is 1. The van der Waals surface area contributed by atoms with Crippen LogP contribution >= 0.6 is 11.6 Å². The zero-order chi connectivity index (χ0) is 29.1. The van der Waals surface area contributed by atoms with Crippen molar-refractivity contribution in [2.24, 2.45) is 0 Å². The minimum atomic E-state index is -0.221. The number of rotatable bonds is 6. The number of methoxy groups -OCH3 is 1. The third kappa shape index (κ3) is 8.13. The number of aromatic nitrogens is 1. The molecule has 0 saturated heterocycles. The molecule has 1 N–H and O–H groups in total. The van der Waals surface area contributed by atoms with Gasteiger partial charge in [-0.15, -0.1) is 0 Å². The average Bonchev–Trinajstić information content (AvgIpc) is 3.00. The summed E-state index contributed by atoms with van der Waals surface area (Å²) in [5, 5.41) is 3.44. The van der Waals surface area contributed by atoms with Crippen molar-refractivity contribution in [1.82, 2.24) is 9.88 Å². The van der Waals surface area contributed by atoms with E-state index < -0.39 is 0 Å². The molecule has 0 radical (unpaired) electrons. The Kier molecular flexibility index (Phi) is 10.1. The number of carbonyl (C=O) groups is 1. The lowest BCUT2D eigenvalue weighted by Gasteiger charge is -2.23. The standard InChI is InChI=1S/C32H32ClN3O6/c1-38-28-11-9-23(18-31(28)41-22-25-6-4-5-13-34-25)20-36-14-15-39-16-17-40-29-7-2-3-8-30(29)42-27-12-10-24(33)19-26(27)35-32(37)21-36/h2-13,18-19H,14-17,20-22H2,1H3,(H,35,37). The largest absolute Gasteiger partial charge is 0.493 e. The number of nitrogens with one attached hydrogen (secondary N) is 1. The number of nitrogens with zero attached hydrogens (tertiary/aromatic N) is 2. The van der Waals surface area contributed by atoms with Gasteiger partial charge in [0.2, 0.25) is 5.91 Å². The highest BCUT2D eigenvalue weighted by molar-refractivity contribution is 6.31. The van der Waals surface area contributed by atoms with Gasteiger partial charge < -0.3 is 29.0 Å². The Morgan fingerprint density at radius 2 is 1.79 bits per heavy atom. The van der Waals surface area contributed by atoms with Crippen molar-refractivity contribution in [3.05, 3.63) is 101 Å². The van der Waals surface area contributed by atoms with E-state index in [1.54, 1.807) is 37.6 Å². The van der Waals surface area contributed by atoms with Crippen LogP contribution in [0.1, 0.15) is 11.3 Å². The maximum absolute atomic E-state index is 13.3. The summed E-state index contributed by atoms with van der Waals surface area (Å²) >= 11 is 6.28. The Balaban J connectivity index is 1.33. The van der Waals surface area contributed by atoms with Crippen LogP contribution in [0.2, 0.25) is 5.02 Å². The first-order valence-corrected chi connectivity index (χ1v) is 13.9. The lowest BCUT2D eigenvalue weighted by atomic mass is 10.2. The lowest BCUT2D eigenvalue weighted by Crippen LogP contribution is -2.35. The molecule has 1 aromatic heterocycles. The van der Waals surface area contributed by atoms with Crippen LogP contribution in [-0.4, -0.2) is 55.8 Å². The number of amides is 1. The van der Waals surface area contributed by atoms with E-state index in [1.807, 2.05) is 59.5 Å². The predicted molar refractivity (Wildman–Crippen MR) is 160 cm³/mol. The summed E-state index contributed by atoms with van der Waals surface area (Å²) in [6, 6.07) is 23.9. The Bertz CT molecular complexity index is 1490. The number of ether oxygens (including phenoxy) is 5. The van der Waals surface area contributed by atoms with Crippen molar-refractivity contribution < 1.29 is 28.5 Å². The highest BCUT2D eigenvalue weighted by atomic mass is 35.5. The summed E-state index contributed by atoms with van der Waals surface area (Å²) in [5.41, 5.74) is 2.21. The van der Waals surface area contributed by atoms with Crippen molar-refractivity contribution in [1.29, 1.82) is 0 Å². The summed E-state index contributed by atoms with van der Waals surface area (Å²) < 4.78 is 29.5. The second kappa shape index (κ2) is 14.5. The number of fused-ring (bicyclic) bond motifs is 2. The normalized spacial score (nSPS) is 14.6. The molecule has 0 saturated carbocycles. The average molecular weight is 590 g/mol. The molecular formula is C32H32ClN3O6. The van der Waals surface area contributed by atoms with Crippen LogP contribution in [0, 0.1) is 0 Å². The van der Waals surface area contributed by atoms with Gasteiger partial charge in [-0.2, -0.15) is 0 Å². The van der Waals surface area contributed by atoms with Crippen LogP contribution in [0.25, 0.3) is 0 Å². The molecule has 218 valence electrons. The van der Waals surface area contributed by atoms with Crippen molar-refractivity contribution in [2.45, 2.75) is 13.2 Å².